The summed E-state index contributed by atoms with van der Waals surface area (Å²) in [5.41, 5.74) is 0. The number of carbonyl (C=O) groups excluding carboxylic acids is 1. The van der Waals surface area contributed by atoms with Gasteiger partial charge in [-0.2, -0.15) is 0 Å². The van der Waals surface area contributed by atoms with E-state index in [4.69, 9.17) is 16.0 Å². The molecule has 0 bridgehead atoms. The van der Waals surface area contributed by atoms with Crippen LogP contribution < -0.4 is 4.74 Å². The monoisotopic (exact) mass is 238 g/mol. The zero-order valence-electron chi connectivity index (χ0n) is 5.56. The lowest BCUT2D eigenvalue weighted by molar-refractivity contribution is -0.133. The summed E-state index contributed by atoms with van der Waals surface area (Å²) in [6, 6.07) is 1.41. The quantitative estimate of drug-likeness (QED) is 0.707. The van der Waals surface area contributed by atoms with Gasteiger partial charge in [-0.25, -0.2) is 0 Å². The molecular formula is C6H4BrClO3. The minimum absolute atomic E-state index is 0.0920. The Hall–Kier alpha value is -0.480. The van der Waals surface area contributed by atoms with E-state index in [0.717, 1.165) is 0 Å². The van der Waals surface area contributed by atoms with Crippen molar-refractivity contribution in [2.75, 3.05) is 0 Å². The maximum absolute atomic E-state index is 10.4. The number of rotatable bonds is 1. The molecule has 0 N–H and O–H groups in total. The van der Waals surface area contributed by atoms with Crippen molar-refractivity contribution in [3.63, 3.8) is 0 Å². The molecule has 3 nitrogen and oxygen atoms in total. The lowest BCUT2D eigenvalue weighted by Crippen LogP contribution is -1.99. The van der Waals surface area contributed by atoms with Gasteiger partial charge in [0.15, 0.2) is 4.67 Å². The molecule has 0 saturated carbocycles. The Kier molecular flexibility index (Phi) is 2.57. The zero-order valence-corrected chi connectivity index (χ0v) is 7.90. The van der Waals surface area contributed by atoms with Crippen molar-refractivity contribution in [3.05, 3.63) is 15.8 Å². The molecule has 0 amide bonds. The second-order valence-electron chi connectivity index (χ2n) is 1.78. The first-order valence-electron chi connectivity index (χ1n) is 2.73. The largest absolute Gasteiger partial charge is 0.417 e. The van der Waals surface area contributed by atoms with Gasteiger partial charge in [0.2, 0.25) is 0 Å². The first-order valence-corrected chi connectivity index (χ1v) is 3.90. The summed E-state index contributed by atoms with van der Waals surface area (Å²) in [6.45, 7) is 1.28. The Morgan fingerprint density at radius 2 is 2.45 bits per heavy atom. The highest BCUT2D eigenvalue weighted by Crippen LogP contribution is 2.30. The van der Waals surface area contributed by atoms with Crippen LogP contribution >= 0.6 is 27.5 Å². The van der Waals surface area contributed by atoms with Gasteiger partial charge >= 0.3 is 5.97 Å². The van der Waals surface area contributed by atoms with Crippen LogP contribution in [-0.2, 0) is 4.79 Å². The number of esters is 1. The summed E-state index contributed by atoms with van der Waals surface area (Å²) >= 11 is 8.60. The molecule has 11 heavy (non-hydrogen) atoms. The van der Waals surface area contributed by atoms with Gasteiger partial charge in [0.25, 0.3) is 5.95 Å². The molecule has 0 unspecified atom stereocenters. The number of carbonyl (C=O) groups is 1. The van der Waals surface area contributed by atoms with E-state index in [1.807, 2.05) is 0 Å². The zero-order chi connectivity index (χ0) is 8.43. The van der Waals surface area contributed by atoms with Gasteiger partial charge in [-0.15, -0.1) is 0 Å². The fraction of sp³-hybridized carbons (Fsp3) is 0.167. The van der Waals surface area contributed by atoms with Crippen LogP contribution in [0.5, 0.6) is 5.95 Å². The van der Waals surface area contributed by atoms with E-state index < -0.39 is 5.97 Å². The molecule has 0 atom stereocenters. The standard InChI is InChI=1S/C6H4BrClO3/c1-3(9)10-5-2-4(8)6(7)11-5/h2H,1H3. The van der Waals surface area contributed by atoms with Gasteiger partial charge in [-0.3, -0.25) is 4.79 Å². The maximum Gasteiger partial charge on any atom is 0.310 e. The highest BCUT2D eigenvalue weighted by atomic mass is 79.9. The summed E-state index contributed by atoms with van der Waals surface area (Å²) < 4.78 is 9.82. The number of hydrogen-bond acceptors (Lipinski definition) is 3. The maximum atomic E-state index is 10.4. The second-order valence-corrected chi connectivity index (χ2v) is 2.91. The summed E-state index contributed by atoms with van der Waals surface area (Å²) in [5.74, 6) is -0.350. The summed E-state index contributed by atoms with van der Waals surface area (Å²) in [7, 11) is 0. The van der Waals surface area contributed by atoms with E-state index in [-0.39, 0.29) is 5.95 Å². The van der Waals surface area contributed by atoms with Crippen molar-refractivity contribution in [2.24, 2.45) is 0 Å². The van der Waals surface area contributed by atoms with Crippen molar-refractivity contribution in [2.45, 2.75) is 6.92 Å². The molecule has 60 valence electrons. The van der Waals surface area contributed by atoms with Crippen LogP contribution in [0.25, 0.3) is 0 Å². The van der Waals surface area contributed by atoms with Crippen LogP contribution in [0.2, 0.25) is 5.02 Å². The molecule has 1 rings (SSSR count). The summed E-state index contributed by atoms with van der Waals surface area (Å²) in [5, 5.41) is 0.376. The van der Waals surface area contributed by atoms with E-state index in [1.54, 1.807) is 0 Å². The van der Waals surface area contributed by atoms with Gasteiger partial charge in [-0.1, -0.05) is 11.6 Å². The Morgan fingerprint density at radius 3 is 2.82 bits per heavy atom. The SMILES string of the molecule is CC(=O)Oc1cc(Cl)c(Br)o1. The van der Waals surface area contributed by atoms with Gasteiger partial charge in [0.05, 0.1) is 5.02 Å². The van der Waals surface area contributed by atoms with Crippen molar-refractivity contribution in [3.8, 4) is 5.95 Å². The number of halogens is 2. The fourth-order valence-corrected chi connectivity index (χ4v) is 0.920. The summed E-state index contributed by atoms with van der Waals surface area (Å²) in [4.78, 5) is 10.4. The summed E-state index contributed by atoms with van der Waals surface area (Å²) in [6.07, 6.45) is 0. The Labute approximate surface area is 76.4 Å². The molecule has 0 saturated heterocycles. The molecule has 0 fully saturated rings. The van der Waals surface area contributed by atoms with Crippen LogP contribution in [0.4, 0.5) is 0 Å². The second kappa shape index (κ2) is 3.28. The van der Waals surface area contributed by atoms with Crippen LogP contribution in [-0.4, -0.2) is 5.97 Å². The van der Waals surface area contributed by atoms with E-state index >= 15 is 0 Å². The average molecular weight is 239 g/mol. The predicted octanol–water partition coefficient (Wildman–Crippen LogP) is 2.62. The van der Waals surface area contributed by atoms with Crippen LogP contribution in [0.3, 0.4) is 0 Å². The Balaban J connectivity index is 2.81. The highest BCUT2D eigenvalue weighted by molar-refractivity contribution is 9.10. The van der Waals surface area contributed by atoms with Crippen LogP contribution in [0.1, 0.15) is 6.92 Å². The number of ether oxygens (including phenoxy) is 1. The van der Waals surface area contributed by atoms with Gasteiger partial charge < -0.3 is 9.15 Å². The fourth-order valence-electron chi connectivity index (χ4n) is 0.519. The lowest BCUT2D eigenvalue weighted by Gasteiger charge is -1.91. The molecule has 0 aliphatic carbocycles. The third-order valence-electron chi connectivity index (χ3n) is 0.867. The average Bonchev–Trinajstić information content (AvgIpc) is 2.10. The van der Waals surface area contributed by atoms with Gasteiger partial charge in [0.1, 0.15) is 0 Å². The first-order chi connectivity index (χ1) is 5.09. The van der Waals surface area contributed by atoms with Crippen molar-refractivity contribution >= 4 is 33.5 Å². The lowest BCUT2D eigenvalue weighted by atomic mass is 10.6. The van der Waals surface area contributed by atoms with Crippen LogP contribution in [0.15, 0.2) is 15.2 Å². The molecule has 0 aliphatic rings. The molecule has 0 aromatic carbocycles. The van der Waals surface area contributed by atoms with Gasteiger partial charge in [0, 0.05) is 13.0 Å². The molecule has 1 aromatic heterocycles. The molecule has 0 aliphatic heterocycles. The van der Waals surface area contributed by atoms with Gasteiger partial charge in [-0.05, 0) is 15.9 Å². The van der Waals surface area contributed by atoms with E-state index in [1.165, 1.54) is 13.0 Å². The molecule has 0 radical (unpaired) electrons. The normalized spacial score (nSPS) is 9.73. The molecule has 0 spiro atoms. The molecule has 1 aromatic rings. The third kappa shape index (κ3) is 2.24. The third-order valence-corrected chi connectivity index (χ3v) is 1.96. The van der Waals surface area contributed by atoms with Crippen molar-refractivity contribution in [1.82, 2.24) is 0 Å². The molecular weight excluding hydrogens is 235 g/mol. The highest BCUT2D eigenvalue weighted by Gasteiger charge is 2.08. The number of furan rings is 1. The first kappa shape index (κ1) is 8.62. The minimum atomic E-state index is -0.442. The minimum Gasteiger partial charge on any atom is -0.417 e. The molecule has 1 heterocycles. The van der Waals surface area contributed by atoms with E-state index in [2.05, 4.69) is 20.7 Å². The Morgan fingerprint density at radius 1 is 1.82 bits per heavy atom. The Bertz CT molecular complexity index is 262. The molecule has 5 heteroatoms. The topological polar surface area (TPSA) is 39.4 Å². The number of hydrogen-bond donors (Lipinski definition) is 0. The predicted molar refractivity (Wildman–Crippen MR) is 42.7 cm³/mol. The smallest absolute Gasteiger partial charge is 0.310 e. The van der Waals surface area contributed by atoms with E-state index in [0.29, 0.717) is 9.69 Å². The van der Waals surface area contributed by atoms with Crippen molar-refractivity contribution in [1.29, 1.82) is 0 Å². The van der Waals surface area contributed by atoms with Crippen molar-refractivity contribution < 1.29 is 13.9 Å². The van der Waals surface area contributed by atoms with E-state index in [9.17, 15) is 4.79 Å². The van der Waals surface area contributed by atoms with Crippen LogP contribution in [0, 0.1) is 0 Å².